The number of benzene rings is 1. The quantitative estimate of drug-likeness (QED) is 0.358. The number of hydrogen-bond acceptors (Lipinski definition) is 5. The second kappa shape index (κ2) is 11.6. The number of halogens is 1. The molecule has 0 radical (unpaired) electrons. The molecule has 0 aliphatic rings. The van der Waals surface area contributed by atoms with Gasteiger partial charge in [-0.3, -0.25) is 4.79 Å². The summed E-state index contributed by atoms with van der Waals surface area (Å²) in [5.74, 6) is -3.74. The van der Waals surface area contributed by atoms with Gasteiger partial charge in [-0.05, 0) is 53.5 Å². The highest BCUT2D eigenvalue weighted by atomic mass is 79.9. The fourth-order valence-electron chi connectivity index (χ4n) is 1.32. The second-order valence-corrected chi connectivity index (χ2v) is 5.25. The Balaban J connectivity index is 0.000000688. The van der Waals surface area contributed by atoms with E-state index in [0.717, 1.165) is 15.7 Å². The van der Waals surface area contributed by atoms with Gasteiger partial charge in [-0.1, -0.05) is 6.07 Å². The maximum absolute atomic E-state index is 11.6. The predicted molar refractivity (Wildman–Crippen MR) is 87.4 cm³/mol. The number of nitrogens with one attached hydrogen (secondary N) is 2. The lowest BCUT2D eigenvalue weighted by Gasteiger charge is -2.08. The van der Waals surface area contributed by atoms with Gasteiger partial charge in [0.15, 0.2) is 0 Å². The summed E-state index contributed by atoms with van der Waals surface area (Å²) in [6.07, 6.45) is 0.654. The third kappa shape index (κ3) is 10.4. The number of aryl methyl sites for hydroxylation is 1. The Morgan fingerprint density at radius 3 is 2.26 bits per heavy atom. The molecular weight excluding hydrogens is 372 g/mol. The molecule has 0 fully saturated rings. The Morgan fingerprint density at radius 2 is 1.78 bits per heavy atom. The van der Waals surface area contributed by atoms with Gasteiger partial charge < -0.3 is 26.0 Å². The molecule has 1 aromatic carbocycles. The molecule has 0 aliphatic carbocycles. The first-order valence-electron chi connectivity index (χ1n) is 6.61. The number of aliphatic hydroxyl groups excluding tert-OH is 1. The normalized spacial score (nSPS) is 9.52. The largest absolute Gasteiger partial charge is 0.473 e. The van der Waals surface area contributed by atoms with Crippen molar-refractivity contribution in [3.8, 4) is 0 Å². The summed E-state index contributed by atoms with van der Waals surface area (Å²) < 4.78 is 0.876. The van der Waals surface area contributed by atoms with Gasteiger partial charge in [-0.2, -0.15) is 0 Å². The Labute approximate surface area is 141 Å². The van der Waals surface area contributed by atoms with Gasteiger partial charge in [0.2, 0.25) is 5.91 Å². The Kier molecular flexibility index (Phi) is 10.6. The Bertz CT molecular complexity index is 538. The molecule has 9 heteroatoms. The zero-order valence-corrected chi connectivity index (χ0v) is 14.1. The zero-order valence-electron chi connectivity index (χ0n) is 12.5. The van der Waals surface area contributed by atoms with Crippen LogP contribution in [0.2, 0.25) is 0 Å². The van der Waals surface area contributed by atoms with Gasteiger partial charge in [0.25, 0.3) is 0 Å². The fourth-order valence-corrected chi connectivity index (χ4v) is 1.91. The summed E-state index contributed by atoms with van der Waals surface area (Å²) in [4.78, 5) is 29.8. The molecule has 23 heavy (non-hydrogen) atoms. The van der Waals surface area contributed by atoms with Gasteiger partial charge in [-0.15, -0.1) is 0 Å². The number of carboxylic acids is 2. The van der Waals surface area contributed by atoms with E-state index in [4.69, 9.17) is 24.9 Å². The standard InChI is InChI=1S/C12H17BrN2O2.C2H2O4/c1-9-3-4-11(10(13)7-9)15-12(17)8-14-5-2-6-16;3-1(4)2(5)6/h3-4,7,14,16H,2,5-6,8H2,1H3,(H,15,17);(H,3,4)(H,5,6). The number of aliphatic carboxylic acids is 2. The van der Waals surface area contributed by atoms with Crippen LogP contribution in [0.15, 0.2) is 22.7 Å². The van der Waals surface area contributed by atoms with Gasteiger partial charge in [0, 0.05) is 11.1 Å². The van der Waals surface area contributed by atoms with E-state index in [1.54, 1.807) is 0 Å². The average molecular weight is 391 g/mol. The molecular formula is C14H19BrN2O6. The van der Waals surface area contributed by atoms with Crippen molar-refractivity contribution in [2.75, 3.05) is 25.0 Å². The highest BCUT2D eigenvalue weighted by molar-refractivity contribution is 9.10. The lowest BCUT2D eigenvalue weighted by Crippen LogP contribution is -2.29. The number of carboxylic acid groups (broad SMARTS) is 2. The fraction of sp³-hybridized carbons (Fsp3) is 0.357. The molecule has 0 unspecified atom stereocenters. The van der Waals surface area contributed by atoms with Crippen LogP contribution in [-0.2, 0) is 14.4 Å². The first-order chi connectivity index (χ1) is 10.8. The van der Waals surface area contributed by atoms with Crippen LogP contribution < -0.4 is 10.6 Å². The maximum Gasteiger partial charge on any atom is 0.414 e. The summed E-state index contributed by atoms with van der Waals surface area (Å²) in [5.41, 5.74) is 1.90. The van der Waals surface area contributed by atoms with Crippen LogP contribution in [0.5, 0.6) is 0 Å². The van der Waals surface area contributed by atoms with Crippen molar-refractivity contribution >= 4 is 39.5 Å². The molecule has 8 nitrogen and oxygen atoms in total. The first kappa shape index (κ1) is 21.0. The maximum atomic E-state index is 11.6. The Hall–Kier alpha value is -1.97. The lowest BCUT2D eigenvalue weighted by atomic mass is 10.2. The van der Waals surface area contributed by atoms with Crippen molar-refractivity contribution in [3.63, 3.8) is 0 Å². The molecule has 1 rings (SSSR count). The van der Waals surface area contributed by atoms with Gasteiger partial charge in [0.05, 0.1) is 12.2 Å². The van der Waals surface area contributed by atoms with Gasteiger partial charge in [-0.25, -0.2) is 9.59 Å². The molecule has 1 amide bonds. The van der Waals surface area contributed by atoms with E-state index < -0.39 is 11.9 Å². The van der Waals surface area contributed by atoms with E-state index in [-0.39, 0.29) is 19.1 Å². The van der Waals surface area contributed by atoms with Crippen LogP contribution >= 0.6 is 15.9 Å². The molecule has 0 aromatic heterocycles. The number of carbonyl (C=O) groups excluding carboxylic acids is 1. The molecule has 0 saturated heterocycles. The summed E-state index contributed by atoms with van der Waals surface area (Å²) in [5, 5.41) is 29.1. The summed E-state index contributed by atoms with van der Waals surface area (Å²) >= 11 is 3.40. The van der Waals surface area contributed by atoms with E-state index >= 15 is 0 Å². The molecule has 0 aliphatic heterocycles. The van der Waals surface area contributed by atoms with Crippen molar-refractivity contribution in [3.05, 3.63) is 28.2 Å². The summed E-state index contributed by atoms with van der Waals surface area (Å²) in [6, 6.07) is 5.76. The third-order valence-corrected chi connectivity index (χ3v) is 3.03. The molecule has 0 bridgehead atoms. The van der Waals surface area contributed by atoms with Crippen LogP contribution in [0.1, 0.15) is 12.0 Å². The Morgan fingerprint density at radius 1 is 1.17 bits per heavy atom. The SMILES string of the molecule is Cc1ccc(NC(=O)CNCCCO)c(Br)c1.O=C(O)C(=O)O. The number of rotatable bonds is 6. The number of amides is 1. The van der Waals surface area contributed by atoms with Gasteiger partial charge in [0.1, 0.15) is 0 Å². The third-order valence-electron chi connectivity index (χ3n) is 2.38. The molecule has 0 heterocycles. The molecule has 0 saturated carbocycles. The van der Waals surface area contributed by atoms with Crippen molar-refractivity contribution in [1.82, 2.24) is 5.32 Å². The number of anilines is 1. The van der Waals surface area contributed by atoms with Crippen LogP contribution in [0.3, 0.4) is 0 Å². The number of hydrogen-bond donors (Lipinski definition) is 5. The number of aliphatic hydroxyl groups is 1. The first-order valence-corrected chi connectivity index (χ1v) is 7.41. The van der Waals surface area contributed by atoms with E-state index in [0.29, 0.717) is 13.0 Å². The molecule has 1 aromatic rings. The molecule has 128 valence electrons. The number of carbonyl (C=O) groups is 3. The zero-order chi connectivity index (χ0) is 17.8. The van der Waals surface area contributed by atoms with Crippen molar-refractivity contribution in [2.45, 2.75) is 13.3 Å². The average Bonchev–Trinajstić information content (AvgIpc) is 2.47. The van der Waals surface area contributed by atoms with Crippen LogP contribution in [0.25, 0.3) is 0 Å². The minimum absolute atomic E-state index is 0.0903. The van der Waals surface area contributed by atoms with Crippen LogP contribution in [-0.4, -0.2) is 52.9 Å². The topological polar surface area (TPSA) is 136 Å². The molecule has 0 spiro atoms. The van der Waals surface area contributed by atoms with Crippen molar-refractivity contribution < 1.29 is 29.7 Å². The van der Waals surface area contributed by atoms with E-state index in [1.165, 1.54) is 0 Å². The monoisotopic (exact) mass is 390 g/mol. The van der Waals surface area contributed by atoms with Crippen molar-refractivity contribution in [2.24, 2.45) is 0 Å². The highest BCUT2D eigenvalue weighted by Gasteiger charge is 2.05. The summed E-state index contributed by atoms with van der Waals surface area (Å²) in [6.45, 7) is 3.02. The minimum Gasteiger partial charge on any atom is -0.473 e. The highest BCUT2D eigenvalue weighted by Crippen LogP contribution is 2.23. The predicted octanol–water partition coefficient (Wildman–Crippen LogP) is 0.824. The van der Waals surface area contributed by atoms with Crippen LogP contribution in [0.4, 0.5) is 5.69 Å². The molecule has 5 N–H and O–H groups in total. The minimum atomic E-state index is -1.82. The van der Waals surface area contributed by atoms with E-state index in [1.807, 2.05) is 25.1 Å². The van der Waals surface area contributed by atoms with Crippen LogP contribution in [0, 0.1) is 6.92 Å². The second-order valence-electron chi connectivity index (χ2n) is 4.40. The van der Waals surface area contributed by atoms with E-state index in [2.05, 4.69) is 26.6 Å². The van der Waals surface area contributed by atoms with Crippen molar-refractivity contribution in [1.29, 1.82) is 0 Å². The molecule has 0 atom stereocenters. The lowest BCUT2D eigenvalue weighted by molar-refractivity contribution is -0.159. The summed E-state index contributed by atoms with van der Waals surface area (Å²) in [7, 11) is 0. The van der Waals surface area contributed by atoms with E-state index in [9.17, 15) is 4.79 Å². The van der Waals surface area contributed by atoms with Gasteiger partial charge >= 0.3 is 11.9 Å². The smallest absolute Gasteiger partial charge is 0.414 e.